The maximum atomic E-state index is 13.1. The fourth-order valence-corrected chi connectivity index (χ4v) is 3.49. The van der Waals surface area contributed by atoms with Gasteiger partial charge in [0.25, 0.3) is 0 Å². The van der Waals surface area contributed by atoms with Gasteiger partial charge in [-0.2, -0.15) is 0 Å². The topological polar surface area (TPSA) is 58.2 Å². The van der Waals surface area contributed by atoms with Crippen LogP contribution in [0.15, 0.2) is 29.2 Å². The lowest BCUT2D eigenvalue weighted by atomic mass is 9.83. The van der Waals surface area contributed by atoms with E-state index >= 15 is 0 Å². The summed E-state index contributed by atoms with van der Waals surface area (Å²) in [5.74, 6) is -0.548. The highest BCUT2D eigenvalue weighted by Crippen LogP contribution is 2.25. The van der Waals surface area contributed by atoms with Crippen molar-refractivity contribution < 1.29 is 12.8 Å². The van der Waals surface area contributed by atoms with Gasteiger partial charge in [0.1, 0.15) is 5.82 Å². The Morgan fingerprint density at radius 1 is 1.45 bits per heavy atom. The Bertz CT molecular complexity index is 545. The molecular weight excluding hydrogens is 303 g/mol. The zero-order chi connectivity index (χ0) is 13.9. The van der Waals surface area contributed by atoms with Crippen molar-refractivity contribution in [2.45, 2.75) is 24.7 Å². The van der Waals surface area contributed by atoms with E-state index in [2.05, 4.69) is 10.0 Å². The van der Waals surface area contributed by atoms with Crippen LogP contribution in [0, 0.1) is 11.2 Å². The molecule has 0 aromatic heterocycles. The summed E-state index contributed by atoms with van der Waals surface area (Å²) < 4.78 is 39.8. The number of hydrogen-bond acceptors (Lipinski definition) is 3. The summed E-state index contributed by atoms with van der Waals surface area (Å²) in [6.07, 6.45) is 2.02. The molecule has 1 aliphatic rings. The number of piperidine rings is 1. The first-order valence-corrected chi connectivity index (χ1v) is 7.86. The van der Waals surface area contributed by atoms with E-state index < -0.39 is 15.8 Å². The highest BCUT2D eigenvalue weighted by Gasteiger charge is 2.28. The molecule has 7 heteroatoms. The van der Waals surface area contributed by atoms with Gasteiger partial charge in [-0.1, -0.05) is 13.0 Å². The van der Waals surface area contributed by atoms with E-state index in [1.54, 1.807) is 0 Å². The first-order chi connectivity index (χ1) is 8.91. The molecule has 1 aliphatic heterocycles. The number of hydrogen-bond donors (Lipinski definition) is 2. The zero-order valence-electron chi connectivity index (χ0n) is 11.4. The number of benzene rings is 1. The third kappa shape index (κ3) is 4.41. The molecule has 2 N–H and O–H groups in total. The largest absolute Gasteiger partial charge is 0.316 e. The molecular formula is C13H20ClFN2O2S. The Balaban J connectivity index is 0.00000200. The van der Waals surface area contributed by atoms with Crippen LogP contribution in [0.3, 0.4) is 0 Å². The summed E-state index contributed by atoms with van der Waals surface area (Å²) in [7, 11) is -3.64. The maximum Gasteiger partial charge on any atom is 0.240 e. The van der Waals surface area contributed by atoms with Crippen molar-refractivity contribution in [1.82, 2.24) is 10.0 Å². The summed E-state index contributed by atoms with van der Waals surface area (Å²) >= 11 is 0. The molecule has 2 rings (SSSR count). The highest BCUT2D eigenvalue weighted by atomic mass is 35.5. The monoisotopic (exact) mass is 322 g/mol. The van der Waals surface area contributed by atoms with Crippen molar-refractivity contribution in [2.75, 3.05) is 19.6 Å². The van der Waals surface area contributed by atoms with E-state index in [0.717, 1.165) is 32.0 Å². The minimum atomic E-state index is -3.64. The predicted molar refractivity (Wildman–Crippen MR) is 79.0 cm³/mol. The second-order valence-corrected chi connectivity index (χ2v) is 7.14. The van der Waals surface area contributed by atoms with Crippen LogP contribution in [-0.4, -0.2) is 28.1 Å². The van der Waals surface area contributed by atoms with Crippen molar-refractivity contribution in [3.8, 4) is 0 Å². The Morgan fingerprint density at radius 3 is 2.80 bits per heavy atom. The molecule has 0 aliphatic carbocycles. The minimum Gasteiger partial charge on any atom is -0.316 e. The van der Waals surface area contributed by atoms with E-state index in [1.165, 1.54) is 18.2 Å². The minimum absolute atomic E-state index is 0. The average molecular weight is 323 g/mol. The lowest BCUT2D eigenvalue weighted by Crippen LogP contribution is -2.45. The molecule has 0 bridgehead atoms. The number of rotatable bonds is 4. The van der Waals surface area contributed by atoms with Gasteiger partial charge in [-0.25, -0.2) is 17.5 Å². The Labute approximate surface area is 125 Å². The quantitative estimate of drug-likeness (QED) is 0.890. The van der Waals surface area contributed by atoms with E-state index in [0.29, 0.717) is 6.54 Å². The predicted octanol–water partition coefficient (Wildman–Crippen LogP) is 1.92. The van der Waals surface area contributed by atoms with E-state index in [9.17, 15) is 12.8 Å². The van der Waals surface area contributed by atoms with Crippen molar-refractivity contribution in [3.05, 3.63) is 30.1 Å². The molecule has 1 atom stereocenters. The number of nitrogens with one attached hydrogen (secondary N) is 2. The molecule has 4 nitrogen and oxygen atoms in total. The fourth-order valence-electron chi connectivity index (χ4n) is 2.26. The van der Waals surface area contributed by atoms with Gasteiger partial charge >= 0.3 is 0 Å². The SMILES string of the molecule is CC1(CNS(=O)(=O)c2cccc(F)c2)CCCNC1.Cl. The van der Waals surface area contributed by atoms with Crippen molar-refractivity contribution >= 4 is 22.4 Å². The second-order valence-electron chi connectivity index (χ2n) is 5.37. The standard InChI is InChI=1S/C13H19FN2O2S.ClH/c1-13(6-3-7-15-9-13)10-16-19(17,18)12-5-2-4-11(14)8-12;/h2,4-5,8,15-16H,3,6-7,9-10H2,1H3;1H. The highest BCUT2D eigenvalue weighted by molar-refractivity contribution is 7.89. The molecule has 20 heavy (non-hydrogen) atoms. The first-order valence-electron chi connectivity index (χ1n) is 6.37. The van der Waals surface area contributed by atoms with Crippen molar-refractivity contribution in [1.29, 1.82) is 0 Å². The van der Waals surface area contributed by atoms with Gasteiger partial charge in [0, 0.05) is 13.1 Å². The number of halogens is 2. The summed E-state index contributed by atoms with van der Waals surface area (Å²) in [6, 6.07) is 5.05. The van der Waals surface area contributed by atoms with Crippen LogP contribution >= 0.6 is 12.4 Å². The molecule has 1 fully saturated rings. The third-order valence-corrected chi connectivity index (χ3v) is 4.88. The van der Waals surface area contributed by atoms with Crippen LogP contribution in [-0.2, 0) is 10.0 Å². The smallest absolute Gasteiger partial charge is 0.240 e. The van der Waals surface area contributed by atoms with E-state index in [1.807, 2.05) is 6.92 Å². The molecule has 114 valence electrons. The number of sulfonamides is 1. The van der Waals surface area contributed by atoms with Crippen LogP contribution in [0.4, 0.5) is 4.39 Å². The lowest BCUT2D eigenvalue weighted by Gasteiger charge is -2.34. The van der Waals surface area contributed by atoms with Gasteiger partial charge in [-0.15, -0.1) is 12.4 Å². The molecule has 1 heterocycles. The van der Waals surface area contributed by atoms with Crippen LogP contribution in [0.25, 0.3) is 0 Å². The van der Waals surface area contributed by atoms with Gasteiger partial charge in [0.15, 0.2) is 0 Å². The summed E-state index contributed by atoms with van der Waals surface area (Å²) in [5, 5.41) is 3.27. The molecule has 1 aromatic carbocycles. The van der Waals surface area contributed by atoms with Gasteiger partial charge in [-0.05, 0) is 43.0 Å². The van der Waals surface area contributed by atoms with Crippen LogP contribution in [0.2, 0.25) is 0 Å². The molecule has 1 aromatic rings. The fraction of sp³-hybridized carbons (Fsp3) is 0.538. The Morgan fingerprint density at radius 2 is 2.20 bits per heavy atom. The molecule has 0 saturated carbocycles. The van der Waals surface area contributed by atoms with Crippen LogP contribution in [0.1, 0.15) is 19.8 Å². The maximum absolute atomic E-state index is 13.1. The normalized spacial score (nSPS) is 23.1. The van der Waals surface area contributed by atoms with Gasteiger partial charge < -0.3 is 5.32 Å². The Kier molecular flexibility index (Phi) is 5.94. The second kappa shape index (κ2) is 6.85. The molecule has 1 unspecified atom stereocenters. The first kappa shape index (κ1) is 17.4. The zero-order valence-corrected chi connectivity index (χ0v) is 13.0. The summed E-state index contributed by atoms with van der Waals surface area (Å²) in [5.41, 5.74) is -0.0847. The molecule has 0 spiro atoms. The molecule has 0 amide bonds. The van der Waals surface area contributed by atoms with Gasteiger partial charge in [0.2, 0.25) is 10.0 Å². The van der Waals surface area contributed by atoms with Crippen LogP contribution < -0.4 is 10.0 Å². The molecule has 0 radical (unpaired) electrons. The van der Waals surface area contributed by atoms with Gasteiger partial charge in [-0.3, -0.25) is 0 Å². The third-order valence-electron chi connectivity index (χ3n) is 3.48. The van der Waals surface area contributed by atoms with Crippen molar-refractivity contribution in [2.24, 2.45) is 5.41 Å². The Hall–Kier alpha value is -0.690. The summed E-state index contributed by atoms with van der Waals surface area (Å²) in [6.45, 7) is 4.18. The van der Waals surface area contributed by atoms with Crippen LogP contribution in [0.5, 0.6) is 0 Å². The van der Waals surface area contributed by atoms with Gasteiger partial charge in [0.05, 0.1) is 4.90 Å². The van der Waals surface area contributed by atoms with Crippen molar-refractivity contribution in [3.63, 3.8) is 0 Å². The average Bonchev–Trinajstić information content (AvgIpc) is 2.38. The van der Waals surface area contributed by atoms with E-state index in [-0.39, 0.29) is 22.7 Å². The summed E-state index contributed by atoms with van der Waals surface area (Å²) in [4.78, 5) is -0.0279. The molecule has 1 saturated heterocycles. The lowest BCUT2D eigenvalue weighted by molar-refractivity contribution is 0.238. The van der Waals surface area contributed by atoms with E-state index in [4.69, 9.17) is 0 Å².